The summed E-state index contributed by atoms with van der Waals surface area (Å²) in [5.41, 5.74) is 0. The summed E-state index contributed by atoms with van der Waals surface area (Å²) in [5, 5.41) is 0. The molecule has 412 valence electrons. The second-order valence-corrected chi connectivity index (χ2v) is 23.2. The third-order valence-electron chi connectivity index (χ3n) is 14.3. The molecule has 0 aliphatic rings. The Morgan fingerprint density at radius 2 is 0.391 bits per heavy atom. The molecule has 0 radical (unpaired) electrons. The van der Waals surface area contributed by atoms with E-state index in [-0.39, 0.29) is 62.8 Å². The molecule has 0 aromatic heterocycles. The van der Waals surface area contributed by atoms with Gasteiger partial charge < -0.3 is 9.11 Å². The normalized spacial score (nSPS) is 12.7. The van der Waals surface area contributed by atoms with Gasteiger partial charge in [0.1, 0.15) is 0 Å². The van der Waals surface area contributed by atoms with Crippen molar-refractivity contribution in [3.63, 3.8) is 0 Å². The van der Waals surface area contributed by atoms with Crippen LogP contribution < -0.4 is 0 Å². The molecule has 0 saturated carbocycles. The van der Waals surface area contributed by atoms with Crippen LogP contribution in [0.1, 0.15) is 349 Å². The van der Waals surface area contributed by atoms with E-state index >= 15 is 0 Å². The molecule has 0 amide bonds. The third kappa shape index (κ3) is 69.0. The summed E-state index contributed by atoms with van der Waals surface area (Å²) in [4.78, 5) is 0. The SMILES string of the molecule is CCCCCCCCCCCCCCCCCCCCC(CCCCCCC)COS(=O)(=O)[O-].CCCCCCCCCCCCCCCCCCCCC(CCCCCCC)COS(=O)(=O)[O-].[Ca+2]. The van der Waals surface area contributed by atoms with Crippen LogP contribution in [0.15, 0.2) is 0 Å². The van der Waals surface area contributed by atoms with E-state index in [4.69, 9.17) is 0 Å². The minimum Gasteiger partial charge on any atom is -0.726 e. The molecule has 8 nitrogen and oxygen atoms in total. The van der Waals surface area contributed by atoms with E-state index in [1.165, 1.54) is 270 Å². The number of hydrogen-bond donors (Lipinski definition) is 0. The quantitative estimate of drug-likeness (QED) is 0.0255. The van der Waals surface area contributed by atoms with Crippen molar-refractivity contribution in [3.05, 3.63) is 0 Å². The Hall–Kier alpha value is 1.000. The first-order valence-electron chi connectivity index (χ1n) is 30.2. The summed E-state index contributed by atoms with van der Waals surface area (Å²) in [7, 11) is -9.14. The zero-order valence-electron chi connectivity index (χ0n) is 46.7. The summed E-state index contributed by atoms with van der Waals surface area (Å²) in [6.07, 6.45) is 65.1. The van der Waals surface area contributed by atoms with Gasteiger partial charge in [0.25, 0.3) is 0 Å². The molecule has 0 heterocycles. The molecule has 0 bridgehead atoms. The van der Waals surface area contributed by atoms with Gasteiger partial charge in [0.15, 0.2) is 0 Å². The van der Waals surface area contributed by atoms with Gasteiger partial charge in [-0.05, 0) is 37.5 Å². The third-order valence-corrected chi connectivity index (χ3v) is 15.1. The smallest absolute Gasteiger partial charge is 0.726 e. The van der Waals surface area contributed by atoms with E-state index in [1.54, 1.807) is 0 Å². The Morgan fingerprint density at radius 3 is 0.522 bits per heavy atom. The fourth-order valence-electron chi connectivity index (χ4n) is 9.72. The minimum atomic E-state index is -4.57. The first-order valence-corrected chi connectivity index (χ1v) is 32.9. The summed E-state index contributed by atoms with van der Waals surface area (Å²) in [5.74, 6) is 0.401. The zero-order chi connectivity index (χ0) is 50.3. The molecule has 2 unspecified atom stereocenters. The van der Waals surface area contributed by atoms with E-state index in [0.29, 0.717) is 0 Å². The maximum absolute atomic E-state index is 10.8. The van der Waals surface area contributed by atoms with E-state index in [2.05, 4.69) is 36.1 Å². The molecule has 11 heteroatoms. The molecule has 0 aliphatic carbocycles. The number of rotatable bonds is 56. The Morgan fingerprint density at radius 1 is 0.261 bits per heavy atom. The fourth-order valence-corrected chi connectivity index (χ4v) is 10.4. The van der Waals surface area contributed by atoms with Crippen molar-refractivity contribution in [2.75, 3.05) is 13.2 Å². The van der Waals surface area contributed by atoms with E-state index in [9.17, 15) is 25.9 Å². The van der Waals surface area contributed by atoms with E-state index < -0.39 is 20.8 Å². The molecular formula is C58H118CaO8S2. The number of hydrogen-bond acceptors (Lipinski definition) is 8. The maximum Gasteiger partial charge on any atom is 2.00 e. The van der Waals surface area contributed by atoms with Gasteiger partial charge in [-0.3, -0.25) is 8.37 Å². The maximum atomic E-state index is 10.8. The van der Waals surface area contributed by atoms with Gasteiger partial charge in [0, 0.05) is 0 Å². The van der Waals surface area contributed by atoms with Crippen molar-refractivity contribution in [2.24, 2.45) is 11.8 Å². The average Bonchev–Trinajstić information content (AvgIpc) is 3.30. The molecule has 0 N–H and O–H groups in total. The topological polar surface area (TPSA) is 133 Å². The molecule has 0 aromatic rings. The van der Waals surface area contributed by atoms with Crippen LogP contribution >= 0.6 is 0 Å². The first-order chi connectivity index (χ1) is 33.0. The predicted molar refractivity (Wildman–Crippen MR) is 298 cm³/mol. The fraction of sp³-hybridized carbons (Fsp3) is 1.00. The molecule has 0 fully saturated rings. The van der Waals surface area contributed by atoms with Crippen molar-refractivity contribution in [2.45, 2.75) is 349 Å². The molecule has 2 atom stereocenters. The Labute approximate surface area is 463 Å². The van der Waals surface area contributed by atoms with E-state index in [1.807, 2.05) is 0 Å². The van der Waals surface area contributed by atoms with Crippen LogP contribution in [-0.2, 0) is 29.2 Å². The van der Waals surface area contributed by atoms with Crippen molar-refractivity contribution in [1.29, 1.82) is 0 Å². The molecule has 0 aliphatic heterocycles. The van der Waals surface area contributed by atoms with Gasteiger partial charge in [0.2, 0.25) is 20.8 Å². The zero-order valence-corrected chi connectivity index (χ0v) is 50.6. The van der Waals surface area contributed by atoms with Gasteiger partial charge >= 0.3 is 37.7 Å². The summed E-state index contributed by atoms with van der Waals surface area (Å²) in [6, 6.07) is 0. The van der Waals surface area contributed by atoms with Crippen LogP contribution in [-0.4, -0.2) is 76.9 Å². The summed E-state index contributed by atoms with van der Waals surface area (Å²) >= 11 is 0. The van der Waals surface area contributed by atoms with Gasteiger partial charge in [-0.25, -0.2) is 16.8 Å². The summed E-state index contributed by atoms with van der Waals surface area (Å²) in [6.45, 7) is 9.10. The van der Waals surface area contributed by atoms with Crippen molar-refractivity contribution in [1.82, 2.24) is 0 Å². The van der Waals surface area contributed by atoms with Crippen LogP contribution in [0.25, 0.3) is 0 Å². The second-order valence-electron chi connectivity index (χ2n) is 21.1. The van der Waals surface area contributed by atoms with Gasteiger partial charge in [0.05, 0.1) is 13.2 Å². The van der Waals surface area contributed by atoms with Crippen LogP contribution in [0.4, 0.5) is 0 Å². The van der Waals surface area contributed by atoms with Crippen LogP contribution in [0.5, 0.6) is 0 Å². The molecule has 0 aromatic carbocycles. The van der Waals surface area contributed by atoms with Crippen LogP contribution in [0, 0.1) is 11.8 Å². The van der Waals surface area contributed by atoms with E-state index in [0.717, 1.165) is 51.4 Å². The molecular weight excluding hydrogens is 929 g/mol. The van der Waals surface area contributed by atoms with Crippen molar-refractivity contribution in [3.8, 4) is 0 Å². The van der Waals surface area contributed by atoms with Gasteiger partial charge in [-0.2, -0.15) is 0 Å². The second kappa shape index (κ2) is 59.9. The summed E-state index contributed by atoms with van der Waals surface area (Å²) < 4.78 is 74.0. The Bertz CT molecular complexity index is 1080. The predicted octanol–water partition coefficient (Wildman–Crippen LogP) is 19.4. The Balaban J connectivity index is -0.00000124. The Kier molecular flexibility index (Phi) is 64.4. The van der Waals surface area contributed by atoms with Gasteiger partial charge in [-0.15, -0.1) is 0 Å². The van der Waals surface area contributed by atoms with Crippen molar-refractivity contribution < 1.29 is 34.3 Å². The average molecular weight is 1050 g/mol. The van der Waals surface area contributed by atoms with Crippen molar-refractivity contribution >= 4 is 58.5 Å². The minimum absolute atomic E-state index is 0. The molecule has 69 heavy (non-hydrogen) atoms. The molecule has 0 saturated heterocycles. The first kappa shape index (κ1) is 74.2. The standard InChI is InChI=1S/2C29H60O4S.Ca/c2*1-3-5-7-9-10-11-12-13-14-15-16-17-18-19-20-21-23-25-27-29(28-33-34(30,31)32)26-24-22-8-6-4-2;/h2*29H,3-28H2,1-2H3,(H,30,31,32);/q;;+2/p-2. The van der Waals surface area contributed by atoms with Crippen LogP contribution in [0.2, 0.25) is 0 Å². The molecule has 0 spiro atoms. The van der Waals surface area contributed by atoms with Gasteiger partial charge in [-0.1, -0.05) is 323 Å². The van der Waals surface area contributed by atoms with Crippen LogP contribution in [0.3, 0.4) is 0 Å². The number of unbranched alkanes of at least 4 members (excludes halogenated alkanes) is 42. The largest absolute Gasteiger partial charge is 2.00 e. The monoisotopic (exact) mass is 1050 g/mol. The molecule has 0 rings (SSSR count).